The highest BCUT2D eigenvalue weighted by Gasteiger charge is 2.12. The molecule has 0 fully saturated rings. The molecule has 0 heterocycles. The SMILES string of the molecule is COCC(O)CNCc1ccc(C(C)C(=O)O)cc1. The number of carboxylic acids is 1. The van der Waals surface area contributed by atoms with Crippen LogP contribution in [0, 0.1) is 0 Å². The Balaban J connectivity index is 2.42. The van der Waals surface area contributed by atoms with Crippen molar-refractivity contribution in [1.29, 1.82) is 0 Å². The molecule has 2 unspecified atom stereocenters. The molecule has 0 bridgehead atoms. The Morgan fingerprint density at radius 3 is 2.53 bits per heavy atom. The lowest BCUT2D eigenvalue weighted by atomic mass is 10.00. The van der Waals surface area contributed by atoms with E-state index in [-0.39, 0.29) is 0 Å². The number of hydrogen-bond donors (Lipinski definition) is 3. The zero-order valence-corrected chi connectivity index (χ0v) is 11.3. The topological polar surface area (TPSA) is 78.8 Å². The molecule has 0 aliphatic rings. The zero-order chi connectivity index (χ0) is 14.3. The van der Waals surface area contributed by atoms with Gasteiger partial charge in [-0.25, -0.2) is 0 Å². The predicted octanol–water partition coefficient (Wildman–Crippen LogP) is 0.972. The summed E-state index contributed by atoms with van der Waals surface area (Å²) in [6.07, 6.45) is -0.517. The van der Waals surface area contributed by atoms with E-state index in [2.05, 4.69) is 5.32 Å². The van der Waals surface area contributed by atoms with Gasteiger partial charge in [0.2, 0.25) is 0 Å². The van der Waals surface area contributed by atoms with E-state index in [1.54, 1.807) is 14.0 Å². The van der Waals surface area contributed by atoms with Crippen LogP contribution in [0.15, 0.2) is 24.3 Å². The van der Waals surface area contributed by atoms with Crippen molar-refractivity contribution in [2.24, 2.45) is 0 Å². The van der Waals surface area contributed by atoms with Crippen molar-refractivity contribution in [2.75, 3.05) is 20.3 Å². The van der Waals surface area contributed by atoms with Crippen molar-refractivity contribution in [3.63, 3.8) is 0 Å². The molecule has 0 aliphatic heterocycles. The Labute approximate surface area is 113 Å². The van der Waals surface area contributed by atoms with Crippen molar-refractivity contribution >= 4 is 5.97 Å². The van der Waals surface area contributed by atoms with Gasteiger partial charge in [0.05, 0.1) is 18.6 Å². The lowest BCUT2D eigenvalue weighted by molar-refractivity contribution is -0.138. The molecule has 5 heteroatoms. The Morgan fingerprint density at radius 1 is 1.37 bits per heavy atom. The largest absolute Gasteiger partial charge is 0.481 e. The maximum Gasteiger partial charge on any atom is 0.310 e. The van der Waals surface area contributed by atoms with Gasteiger partial charge in [0.1, 0.15) is 0 Å². The van der Waals surface area contributed by atoms with Crippen molar-refractivity contribution in [3.05, 3.63) is 35.4 Å². The summed E-state index contributed by atoms with van der Waals surface area (Å²) < 4.78 is 4.83. The van der Waals surface area contributed by atoms with Gasteiger partial charge in [-0.3, -0.25) is 4.79 Å². The number of ether oxygens (including phenoxy) is 1. The Kier molecular flexibility index (Phi) is 6.49. The minimum Gasteiger partial charge on any atom is -0.481 e. The molecule has 0 saturated heterocycles. The van der Waals surface area contributed by atoms with Crippen LogP contribution in [-0.2, 0) is 16.1 Å². The first-order valence-electron chi connectivity index (χ1n) is 6.24. The summed E-state index contributed by atoms with van der Waals surface area (Å²) >= 11 is 0. The number of aliphatic hydroxyl groups excluding tert-OH is 1. The number of aliphatic carboxylic acids is 1. The molecule has 1 aromatic rings. The number of hydrogen-bond acceptors (Lipinski definition) is 4. The van der Waals surface area contributed by atoms with Crippen LogP contribution in [0.2, 0.25) is 0 Å². The first-order valence-corrected chi connectivity index (χ1v) is 6.24. The molecule has 0 aromatic heterocycles. The highest BCUT2D eigenvalue weighted by atomic mass is 16.5. The standard InChI is InChI=1S/C14H21NO4/c1-10(14(17)18)12-5-3-11(4-6-12)7-15-8-13(16)9-19-2/h3-6,10,13,15-16H,7-9H2,1-2H3,(H,17,18). The first kappa shape index (κ1) is 15.6. The second kappa shape index (κ2) is 7.89. The molecule has 1 rings (SSSR count). The first-order chi connectivity index (χ1) is 9.04. The van der Waals surface area contributed by atoms with Crippen molar-refractivity contribution in [1.82, 2.24) is 5.32 Å². The molecule has 0 aliphatic carbocycles. The Hall–Kier alpha value is -1.43. The highest BCUT2D eigenvalue weighted by molar-refractivity contribution is 5.75. The third kappa shape index (κ3) is 5.38. The summed E-state index contributed by atoms with van der Waals surface area (Å²) in [6.45, 7) is 3.06. The number of rotatable bonds is 8. The summed E-state index contributed by atoms with van der Waals surface area (Å²) in [6, 6.07) is 7.43. The van der Waals surface area contributed by atoms with Gasteiger partial charge in [0.15, 0.2) is 0 Å². The van der Waals surface area contributed by atoms with Crippen LogP contribution in [0.5, 0.6) is 0 Å². The van der Waals surface area contributed by atoms with Gasteiger partial charge >= 0.3 is 5.97 Å². The van der Waals surface area contributed by atoms with Crippen LogP contribution in [0.3, 0.4) is 0 Å². The zero-order valence-electron chi connectivity index (χ0n) is 11.3. The Morgan fingerprint density at radius 2 is 2.00 bits per heavy atom. The van der Waals surface area contributed by atoms with Gasteiger partial charge < -0.3 is 20.3 Å². The van der Waals surface area contributed by atoms with Crippen LogP contribution < -0.4 is 5.32 Å². The average Bonchev–Trinajstić information content (AvgIpc) is 2.39. The molecular formula is C14H21NO4. The fourth-order valence-electron chi connectivity index (χ4n) is 1.70. The molecule has 19 heavy (non-hydrogen) atoms. The van der Waals surface area contributed by atoms with Gasteiger partial charge in [-0.05, 0) is 18.1 Å². The molecular weight excluding hydrogens is 246 g/mol. The van der Waals surface area contributed by atoms with Gasteiger partial charge in [0, 0.05) is 20.2 Å². The molecule has 5 nitrogen and oxygen atoms in total. The normalized spacial score (nSPS) is 14.1. The van der Waals surface area contributed by atoms with E-state index in [1.165, 1.54) is 0 Å². The number of methoxy groups -OCH3 is 1. The Bertz CT molecular complexity index is 391. The lowest BCUT2D eigenvalue weighted by Crippen LogP contribution is -2.29. The third-order valence-corrected chi connectivity index (χ3v) is 2.92. The van der Waals surface area contributed by atoms with E-state index in [4.69, 9.17) is 9.84 Å². The molecule has 0 spiro atoms. The maximum atomic E-state index is 10.8. The highest BCUT2D eigenvalue weighted by Crippen LogP contribution is 2.15. The number of nitrogens with one attached hydrogen (secondary N) is 1. The molecule has 3 N–H and O–H groups in total. The van der Waals surface area contributed by atoms with E-state index in [1.807, 2.05) is 24.3 Å². The summed E-state index contributed by atoms with van der Waals surface area (Å²) in [4.78, 5) is 10.8. The molecule has 1 aromatic carbocycles. The van der Waals surface area contributed by atoms with E-state index in [9.17, 15) is 9.90 Å². The van der Waals surface area contributed by atoms with Crippen LogP contribution in [0.25, 0.3) is 0 Å². The summed E-state index contributed by atoms with van der Waals surface area (Å²) in [7, 11) is 1.55. The van der Waals surface area contributed by atoms with Crippen LogP contribution in [-0.4, -0.2) is 42.5 Å². The minimum atomic E-state index is -0.825. The summed E-state index contributed by atoms with van der Waals surface area (Å²) in [5.74, 6) is -1.32. The number of carboxylic acid groups (broad SMARTS) is 1. The van der Waals surface area contributed by atoms with E-state index >= 15 is 0 Å². The van der Waals surface area contributed by atoms with Crippen LogP contribution in [0.1, 0.15) is 24.0 Å². The molecule has 0 radical (unpaired) electrons. The fraction of sp³-hybridized carbons (Fsp3) is 0.500. The average molecular weight is 267 g/mol. The third-order valence-electron chi connectivity index (χ3n) is 2.92. The van der Waals surface area contributed by atoms with Crippen molar-refractivity contribution in [2.45, 2.75) is 25.5 Å². The fourth-order valence-corrected chi connectivity index (χ4v) is 1.70. The minimum absolute atomic E-state index is 0.308. The van der Waals surface area contributed by atoms with E-state index < -0.39 is 18.0 Å². The second-order valence-corrected chi connectivity index (χ2v) is 4.54. The van der Waals surface area contributed by atoms with Gasteiger partial charge in [-0.1, -0.05) is 24.3 Å². The molecule has 106 valence electrons. The predicted molar refractivity (Wildman–Crippen MR) is 72.1 cm³/mol. The molecule has 2 atom stereocenters. The lowest BCUT2D eigenvalue weighted by Gasteiger charge is -2.11. The summed E-state index contributed by atoms with van der Waals surface area (Å²) in [5.41, 5.74) is 1.83. The van der Waals surface area contributed by atoms with Gasteiger partial charge in [-0.15, -0.1) is 0 Å². The van der Waals surface area contributed by atoms with Crippen molar-refractivity contribution in [3.8, 4) is 0 Å². The van der Waals surface area contributed by atoms with Crippen LogP contribution >= 0.6 is 0 Å². The molecule has 0 amide bonds. The van der Waals surface area contributed by atoms with Gasteiger partial charge in [0.25, 0.3) is 0 Å². The smallest absolute Gasteiger partial charge is 0.310 e. The van der Waals surface area contributed by atoms with E-state index in [0.717, 1.165) is 11.1 Å². The summed E-state index contributed by atoms with van der Waals surface area (Å²) in [5, 5.41) is 21.5. The quantitative estimate of drug-likeness (QED) is 0.654. The van der Waals surface area contributed by atoms with Crippen LogP contribution in [0.4, 0.5) is 0 Å². The number of benzene rings is 1. The van der Waals surface area contributed by atoms with E-state index in [0.29, 0.717) is 19.7 Å². The maximum absolute atomic E-state index is 10.8. The number of carbonyl (C=O) groups is 1. The number of aliphatic hydroxyl groups is 1. The van der Waals surface area contributed by atoms with Gasteiger partial charge in [-0.2, -0.15) is 0 Å². The second-order valence-electron chi connectivity index (χ2n) is 4.54. The monoisotopic (exact) mass is 267 g/mol. The molecule has 0 saturated carbocycles. The van der Waals surface area contributed by atoms with Crippen molar-refractivity contribution < 1.29 is 19.7 Å².